The van der Waals surface area contributed by atoms with Gasteiger partial charge in [-0.3, -0.25) is 14.0 Å². The molecule has 0 aliphatic heterocycles. The molecule has 8 heteroatoms. The smallest absolute Gasteiger partial charge is 0.319 e. The maximum atomic E-state index is 12.8. The van der Waals surface area contributed by atoms with Crippen molar-refractivity contribution in [2.24, 2.45) is 0 Å². The van der Waals surface area contributed by atoms with Crippen LogP contribution in [0.5, 0.6) is 0 Å². The highest BCUT2D eigenvalue weighted by Gasteiger charge is 2.14. The summed E-state index contributed by atoms with van der Waals surface area (Å²) in [5.41, 5.74) is 1.58. The zero-order valence-corrected chi connectivity index (χ0v) is 12.6. The van der Waals surface area contributed by atoms with Crippen LogP contribution in [-0.4, -0.2) is 26.1 Å². The first kappa shape index (κ1) is 14.9. The van der Waals surface area contributed by atoms with Gasteiger partial charge in [-0.05, 0) is 31.4 Å². The molecule has 0 aliphatic carbocycles. The molecule has 2 aromatic heterocycles. The van der Waals surface area contributed by atoms with E-state index in [9.17, 15) is 8.78 Å². The molecule has 1 aromatic carbocycles. The summed E-state index contributed by atoms with van der Waals surface area (Å²) in [4.78, 5) is 6.17. The van der Waals surface area contributed by atoms with E-state index in [4.69, 9.17) is 16.6 Å². The van der Waals surface area contributed by atoms with Crippen molar-refractivity contribution in [1.82, 2.24) is 19.0 Å². The predicted molar refractivity (Wildman–Crippen MR) is 80.0 cm³/mol. The fourth-order valence-corrected chi connectivity index (χ4v) is 2.57. The Labute approximate surface area is 130 Å². The first-order valence-electron chi connectivity index (χ1n) is 6.63. The van der Waals surface area contributed by atoms with Crippen molar-refractivity contribution in [2.75, 3.05) is 7.05 Å². The quantitative estimate of drug-likeness (QED) is 0.672. The average Bonchev–Trinajstić information content (AvgIpc) is 3.04. The number of benzene rings is 1. The van der Waals surface area contributed by atoms with Crippen molar-refractivity contribution in [1.29, 1.82) is 0 Å². The van der Waals surface area contributed by atoms with Gasteiger partial charge in [0.15, 0.2) is 5.58 Å². The monoisotopic (exact) mass is 324 g/mol. The largest absolute Gasteiger partial charge is 0.429 e. The van der Waals surface area contributed by atoms with Crippen LogP contribution in [0.25, 0.3) is 11.1 Å². The van der Waals surface area contributed by atoms with Crippen LogP contribution < -0.4 is 0 Å². The summed E-state index contributed by atoms with van der Waals surface area (Å²) in [6.07, 6.45) is 2.64. The summed E-state index contributed by atoms with van der Waals surface area (Å²) in [5.74, 6) is 0.303. The van der Waals surface area contributed by atoms with Gasteiger partial charge in [0.2, 0.25) is 0 Å². The van der Waals surface area contributed by atoms with E-state index in [1.165, 1.54) is 12.4 Å². The molecule has 22 heavy (non-hydrogen) atoms. The molecule has 0 amide bonds. The van der Waals surface area contributed by atoms with E-state index >= 15 is 0 Å². The Morgan fingerprint density at radius 3 is 2.91 bits per heavy atom. The van der Waals surface area contributed by atoms with Crippen LogP contribution in [0.2, 0.25) is 0 Å². The minimum absolute atomic E-state index is 0.276. The minimum atomic E-state index is -2.59. The van der Waals surface area contributed by atoms with Gasteiger partial charge in [0.1, 0.15) is 5.82 Å². The summed E-state index contributed by atoms with van der Waals surface area (Å²) in [6, 6.07) is 7.51. The molecule has 0 spiro atoms. The van der Waals surface area contributed by atoms with E-state index in [-0.39, 0.29) is 6.54 Å². The number of rotatable bonds is 5. The van der Waals surface area contributed by atoms with Crippen LogP contribution in [0.15, 0.2) is 41.1 Å². The fourth-order valence-electron chi connectivity index (χ4n) is 2.32. The first-order valence-corrected chi connectivity index (χ1v) is 7.04. The lowest BCUT2D eigenvalue weighted by Gasteiger charge is -2.17. The highest BCUT2D eigenvalue weighted by Crippen LogP contribution is 2.18. The summed E-state index contributed by atoms with van der Waals surface area (Å²) in [6.45, 7) is -1.90. The van der Waals surface area contributed by atoms with Crippen molar-refractivity contribution in [3.05, 3.63) is 47.3 Å². The van der Waals surface area contributed by atoms with Crippen molar-refractivity contribution < 1.29 is 13.2 Å². The molecule has 0 radical (unpaired) electrons. The van der Waals surface area contributed by atoms with E-state index in [1.807, 2.05) is 40.8 Å². The number of alkyl halides is 2. The van der Waals surface area contributed by atoms with E-state index in [1.54, 1.807) is 0 Å². The molecule has 5 nitrogen and oxygen atoms in total. The van der Waals surface area contributed by atoms with E-state index in [0.29, 0.717) is 22.9 Å². The molecule has 3 rings (SSSR count). The van der Waals surface area contributed by atoms with E-state index in [0.717, 1.165) is 10.1 Å². The molecule has 0 saturated carbocycles. The van der Waals surface area contributed by atoms with Gasteiger partial charge < -0.3 is 4.42 Å². The Balaban J connectivity index is 1.81. The second-order valence-electron chi connectivity index (χ2n) is 4.95. The normalized spacial score (nSPS) is 11.9. The van der Waals surface area contributed by atoms with Crippen LogP contribution in [0, 0.1) is 4.84 Å². The van der Waals surface area contributed by atoms with Crippen molar-refractivity contribution in [3.8, 4) is 0 Å². The van der Waals surface area contributed by atoms with Gasteiger partial charge in [0, 0.05) is 12.4 Å². The lowest BCUT2D eigenvalue weighted by Crippen LogP contribution is -2.23. The molecule has 0 saturated heterocycles. The summed E-state index contributed by atoms with van der Waals surface area (Å²) in [5, 5.41) is 0. The zero-order valence-electron chi connectivity index (χ0n) is 11.8. The van der Waals surface area contributed by atoms with Crippen molar-refractivity contribution in [3.63, 3.8) is 0 Å². The van der Waals surface area contributed by atoms with Crippen molar-refractivity contribution in [2.45, 2.75) is 19.8 Å². The summed E-state index contributed by atoms with van der Waals surface area (Å²) >= 11 is 5.22. The summed E-state index contributed by atoms with van der Waals surface area (Å²) < 4.78 is 33.8. The number of imidazole rings is 1. The maximum absolute atomic E-state index is 12.8. The van der Waals surface area contributed by atoms with Gasteiger partial charge in [-0.15, -0.1) is 0 Å². The number of nitrogens with zero attached hydrogens (tertiary/aromatic N) is 4. The molecule has 2 heterocycles. The summed E-state index contributed by atoms with van der Waals surface area (Å²) in [7, 11) is 1.81. The Hall–Kier alpha value is -2.06. The molecule has 116 valence electrons. The maximum Gasteiger partial charge on any atom is 0.319 e. The number of hydrogen-bond donors (Lipinski definition) is 0. The Kier molecular flexibility index (Phi) is 4.04. The van der Waals surface area contributed by atoms with Gasteiger partial charge in [-0.1, -0.05) is 12.1 Å². The van der Waals surface area contributed by atoms with Gasteiger partial charge in [-0.25, -0.2) is 4.98 Å². The lowest BCUT2D eigenvalue weighted by molar-refractivity contribution is 0.0638. The SMILES string of the molecule is CN(Cc1nccn1C(F)F)Cn1c(=S)oc2ccccc21. The first-order chi connectivity index (χ1) is 10.6. The molecule has 0 fully saturated rings. The fraction of sp³-hybridized carbons (Fsp3) is 0.286. The number of para-hydroxylation sites is 2. The lowest BCUT2D eigenvalue weighted by atomic mass is 10.3. The molecule has 0 unspecified atom stereocenters. The topological polar surface area (TPSA) is 39.1 Å². The Morgan fingerprint density at radius 1 is 1.36 bits per heavy atom. The Morgan fingerprint density at radius 2 is 2.14 bits per heavy atom. The highest BCUT2D eigenvalue weighted by atomic mass is 32.1. The van der Waals surface area contributed by atoms with Crippen LogP contribution >= 0.6 is 12.2 Å². The minimum Gasteiger partial charge on any atom is -0.429 e. The van der Waals surface area contributed by atoms with Gasteiger partial charge in [-0.2, -0.15) is 8.78 Å². The van der Waals surface area contributed by atoms with Gasteiger partial charge >= 0.3 is 6.55 Å². The van der Waals surface area contributed by atoms with Gasteiger partial charge in [0.05, 0.1) is 18.7 Å². The number of hydrogen-bond acceptors (Lipinski definition) is 4. The third-order valence-electron chi connectivity index (χ3n) is 3.33. The number of halogens is 2. The molecule has 0 aliphatic rings. The van der Waals surface area contributed by atoms with Gasteiger partial charge in [0.25, 0.3) is 4.84 Å². The average molecular weight is 324 g/mol. The molecular formula is C14H14F2N4OS. The van der Waals surface area contributed by atoms with Crippen LogP contribution in [0.1, 0.15) is 12.4 Å². The van der Waals surface area contributed by atoms with Crippen molar-refractivity contribution >= 4 is 23.3 Å². The second kappa shape index (κ2) is 5.98. The second-order valence-corrected chi connectivity index (χ2v) is 5.30. The third-order valence-corrected chi connectivity index (χ3v) is 3.63. The molecule has 3 aromatic rings. The number of fused-ring (bicyclic) bond motifs is 1. The Bertz CT molecular complexity index is 839. The third kappa shape index (κ3) is 2.79. The van der Waals surface area contributed by atoms with E-state index < -0.39 is 6.55 Å². The van der Waals surface area contributed by atoms with Crippen LogP contribution in [0.4, 0.5) is 8.78 Å². The molecule has 0 N–H and O–H groups in total. The van der Waals surface area contributed by atoms with Crippen LogP contribution in [-0.2, 0) is 13.2 Å². The van der Waals surface area contributed by atoms with Crippen LogP contribution in [0.3, 0.4) is 0 Å². The molecule has 0 atom stereocenters. The standard InChI is InChI=1S/C14H14F2N4OS/c1-18(8-12-17-6-7-19(12)13(15)16)9-20-10-4-2-3-5-11(10)21-14(20)22/h2-7,13H,8-9H2,1H3. The highest BCUT2D eigenvalue weighted by molar-refractivity contribution is 7.71. The number of oxazole rings is 1. The molecular weight excluding hydrogens is 310 g/mol. The van der Waals surface area contributed by atoms with E-state index in [2.05, 4.69) is 4.98 Å². The zero-order chi connectivity index (χ0) is 15.7. The predicted octanol–water partition coefficient (Wildman–Crippen LogP) is 3.64. The molecule has 0 bridgehead atoms. The number of aromatic nitrogens is 3.